The van der Waals surface area contributed by atoms with Gasteiger partial charge in [-0.1, -0.05) is 30.3 Å². The van der Waals surface area contributed by atoms with Crippen LogP contribution in [-0.2, 0) is 4.79 Å². The Morgan fingerprint density at radius 1 is 1.15 bits per heavy atom. The molecule has 0 aliphatic rings. The molecule has 0 fully saturated rings. The lowest BCUT2D eigenvalue weighted by Gasteiger charge is -2.04. The van der Waals surface area contributed by atoms with Crippen molar-refractivity contribution in [2.45, 2.75) is 0 Å². The Labute approximate surface area is 116 Å². The molecule has 1 amide bonds. The zero-order chi connectivity index (χ0) is 14.4. The molecule has 102 valence electrons. The van der Waals surface area contributed by atoms with Gasteiger partial charge in [-0.15, -0.1) is 0 Å². The lowest BCUT2D eigenvalue weighted by Crippen LogP contribution is -2.09. The van der Waals surface area contributed by atoms with E-state index in [9.17, 15) is 9.18 Å². The fourth-order valence-corrected chi connectivity index (χ4v) is 1.71. The molecule has 2 aromatic carbocycles. The minimum absolute atomic E-state index is 0.155. The summed E-state index contributed by atoms with van der Waals surface area (Å²) in [6, 6.07) is 13.3. The van der Waals surface area contributed by atoms with Crippen LogP contribution in [0.5, 0.6) is 5.75 Å². The van der Waals surface area contributed by atoms with Crippen molar-refractivity contribution >= 4 is 17.7 Å². The number of para-hydroxylation sites is 2. The van der Waals surface area contributed by atoms with Crippen LogP contribution in [0.1, 0.15) is 5.56 Å². The van der Waals surface area contributed by atoms with Crippen molar-refractivity contribution in [3.05, 3.63) is 66.0 Å². The number of ether oxygens (including phenoxy) is 1. The molecule has 0 aromatic heterocycles. The van der Waals surface area contributed by atoms with Gasteiger partial charge in [0.15, 0.2) is 0 Å². The maximum Gasteiger partial charge on any atom is 0.248 e. The van der Waals surface area contributed by atoms with Crippen LogP contribution >= 0.6 is 0 Å². The molecule has 0 saturated heterocycles. The van der Waals surface area contributed by atoms with Gasteiger partial charge in [0.1, 0.15) is 11.6 Å². The smallest absolute Gasteiger partial charge is 0.248 e. The maximum atomic E-state index is 13.4. The quantitative estimate of drug-likeness (QED) is 0.864. The summed E-state index contributed by atoms with van der Waals surface area (Å²) in [4.78, 5) is 11.7. The van der Waals surface area contributed by atoms with Crippen molar-refractivity contribution in [2.75, 3.05) is 12.4 Å². The van der Waals surface area contributed by atoms with Gasteiger partial charge < -0.3 is 10.1 Å². The third kappa shape index (κ3) is 3.45. The molecule has 0 saturated carbocycles. The predicted molar refractivity (Wildman–Crippen MR) is 77.1 cm³/mol. The van der Waals surface area contributed by atoms with E-state index in [-0.39, 0.29) is 5.69 Å². The van der Waals surface area contributed by atoms with Crippen molar-refractivity contribution in [3.63, 3.8) is 0 Å². The number of benzene rings is 2. The van der Waals surface area contributed by atoms with E-state index < -0.39 is 11.7 Å². The molecule has 0 heterocycles. The van der Waals surface area contributed by atoms with E-state index in [1.165, 1.54) is 18.2 Å². The minimum atomic E-state index is -0.466. The molecular weight excluding hydrogens is 257 g/mol. The first-order valence-corrected chi connectivity index (χ1v) is 6.07. The number of anilines is 1. The highest BCUT2D eigenvalue weighted by Crippen LogP contribution is 2.19. The van der Waals surface area contributed by atoms with Gasteiger partial charge in [0.05, 0.1) is 12.8 Å². The molecule has 20 heavy (non-hydrogen) atoms. The van der Waals surface area contributed by atoms with Crippen molar-refractivity contribution in [1.29, 1.82) is 0 Å². The summed E-state index contributed by atoms with van der Waals surface area (Å²) >= 11 is 0. The van der Waals surface area contributed by atoms with Gasteiger partial charge in [-0.05, 0) is 24.3 Å². The van der Waals surface area contributed by atoms with E-state index in [4.69, 9.17) is 4.74 Å². The first kappa shape index (κ1) is 13.8. The second-order valence-corrected chi connectivity index (χ2v) is 4.04. The van der Waals surface area contributed by atoms with E-state index in [0.717, 1.165) is 5.56 Å². The zero-order valence-electron chi connectivity index (χ0n) is 11.0. The van der Waals surface area contributed by atoms with Crippen LogP contribution in [0.3, 0.4) is 0 Å². The molecule has 0 bridgehead atoms. The second-order valence-electron chi connectivity index (χ2n) is 4.04. The van der Waals surface area contributed by atoms with Gasteiger partial charge in [0.2, 0.25) is 5.91 Å². The molecule has 4 heteroatoms. The molecular formula is C16H14FNO2. The summed E-state index contributed by atoms with van der Waals surface area (Å²) < 4.78 is 18.5. The molecule has 0 atom stereocenters. The highest BCUT2D eigenvalue weighted by Gasteiger charge is 2.03. The second kappa shape index (κ2) is 6.52. The van der Waals surface area contributed by atoms with Gasteiger partial charge in [-0.3, -0.25) is 4.79 Å². The van der Waals surface area contributed by atoms with Crippen molar-refractivity contribution < 1.29 is 13.9 Å². The number of carbonyl (C=O) groups excluding carboxylic acids is 1. The highest BCUT2D eigenvalue weighted by molar-refractivity contribution is 6.02. The number of hydrogen-bond acceptors (Lipinski definition) is 2. The number of amides is 1. The van der Waals surface area contributed by atoms with Crippen molar-refractivity contribution in [3.8, 4) is 5.75 Å². The average Bonchev–Trinajstić information content (AvgIpc) is 2.48. The normalized spacial score (nSPS) is 10.5. The van der Waals surface area contributed by atoms with Crippen LogP contribution in [0.2, 0.25) is 0 Å². The highest BCUT2D eigenvalue weighted by atomic mass is 19.1. The summed E-state index contributed by atoms with van der Waals surface area (Å²) in [7, 11) is 1.56. The van der Waals surface area contributed by atoms with E-state index in [1.807, 2.05) is 18.2 Å². The molecule has 1 N–H and O–H groups in total. The van der Waals surface area contributed by atoms with E-state index in [2.05, 4.69) is 5.32 Å². The van der Waals surface area contributed by atoms with Crippen LogP contribution in [-0.4, -0.2) is 13.0 Å². The van der Waals surface area contributed by atoms with Crippen LogP contribution in [0, 0.1) is 5.82 Å². The standard InChI is InChI=1S/C16H14FNO2/c1-20-15-9-5-2-6-12(15)10-11-16(19)18-14-8-4-3-7-13(14)17/h2-11H,1H3,(H,18,19). The Balaban J connectivity index is 2.08. The van der Waals surface area contributed by atoms with E-state index in [0.29, 0.717) is 5.75 Å². The summed E-state index contributed by atoms with van der Waals surface area (Å²) in [6.45, 7) is 0. The third-order valence-electron chi connectivity index (χ3n) is 2.68. The summed E-state index contributed by atoms with van der Waals surface area (Å²) in [5.41, 5.74) is 0.931. The third-order valence-corrected chi connectivity index (χ3v) is 2.68. The van der Waals surface area contributed by atoms with Gasteiger partial charge >= 0.3 is 0 Å². The summed E-state index contributed by atoms with van der Waals surface area (Å²) in [6.07, 6.45) is 2.96. The number of rotatable bonds is 4. The van der Waals surface area contributed by atoms with Crippen LogP contribution in [0.15, 0.2) is 54.6 Å². The van der Waals surface area contributed by atoms with Crippen LogP contribution < -0.4 is 10.1 Å². The number of methoxy groups -OCH3 is 1. The molecule has 0 radical (unpaired) electrons. The Hall–Kier alpha value is -2.62. The SMILES string of the molecule is COc1ccccc1C=CC(=O)Nc1ccccc1F. The van der Waals surface area contributed by atoms with Crippen LogP contribution in [0.25, 0.3) is 6.08 Å². The number of carbonyl (C=O) groups is 1. The lowest BCUT2D eigenvalue weighted by atomic mass is 10.2. The van der Waals surface area contributed by atoms with Gasteiger partial charge in [0.25, 0.3) is 0 Å². The Kier molecular flexibility index (Phi) is 4.50. The number of nitrogens with one attached hydrogen (secondary N) is 1. The number of halogens is 1. The van der Waals surface area contributed by atoms with Crippen molar-refractivity contribution in [2.24, 2.45) is 0 Å². The molecule has 2 aromatic rings. The maximum absolute atomic E-state index is 13.4. The minimum Gasteiger partial charge on any atom is -0.496 e. The molecule has 0 unspecified atom stereocenters. The van der Waals surface area contributed by atoms with Crippen molar-refractivity contribution in [1.82, 2.24) is 0 Å². The lowest BCUT2D eigenvalue weighted by molar-refractivity contribution is -0.111. The Morgan fingerprint density at radius 3 is 2.60 bits per heavy atom. The molecule has 0 aliphatic carbocycles. The monoisotopic (exact) mass is 271 g/mol. The van der Waals surface area contributed by atoms with Crippen LogP contribution in [0.4, 0.5) is 10.1 Å². The largest absolute Gasteiger partial charge is 0.496 e. The van der Waals surface area contributed by atoms with Gasteiger partial charge in [-0.2, -0.15) is 0 Å². The van der Waals surface area contributed by atoms with Gasteiger partial charge in [0, 0.05) is 11.6 Å². The zero-order valence-corrected chi connectivity index (χ0v) is 11.0. The van der Waals surface area contributed by atoms with E-state index >= 15 is 0 Å². The summed E-state index contributed by atoms with van der Waals surface area (Å²) in [5.74, 6) is -0.199. The predicted octanol–water partition coefficient (Wildman–Crippen LogP) is 3.49. The molecule has 0 spiro atoms. The first-order chi connectivity index (χ1) is 9.70. The summed E-state index contributed by atoms with van der Waals surface area (Å²) in [5, 5.41) is 2.48. The Morgan fingerprint density at radius 2 is 1.85 bits per heavy atom. The topological polar surface area (TPSA) is 38.3 Å². The fraction of sp³-hybridized carbons (Fsp3) is 0.0625. The number of hydrogen-bond donors (Lipinski definition) is 1. The molecule has 3 nitrogen and oxygen atoms in total. The average molecular weight is 271 g/mol. The van der Waals surface area contributed by atoms with E-state index in [1.54, 1.807) is 31.4 Å². The fourth-order valence-electron chi connectivity index (χ4n) is 1.71. The van der Waals surface area contributed by atoms with Gasteiger partial charge in [-0.25, -0.2) is 4.39 Å². The molecule has 2 rings (SSSR count). The Bertz CT molecular complexity index is 638. The first-order valence-electron chi connectivity index (χ1n) is 6.07. The molecule has 0 aliphatic heterocycles.